The summed E-state index contributed by atoms with van der Waals surface area (Å²) in [5.41, 5.74) is 0.777. The second kappa shape index (κ2) is 7.29. The number of imidazole rings is 1. The van der Waals surface area contributed by atoms with Crippen molar-refractivity contribution in [2.75, 3.05) is 26.2 Å². The predicted molar refractivity (Wildman–Crippen MR) is 103 cm³/mol. The fourth-order valence-corrected chi connectivity index (χ4v) is 4.83. The Hall–Kier alpha value is -2.25. The lowest BCUT2D eigenvalue weighted by Gasteiger charge is -2.46. The first-order chi connectivity index (χ1) is 13.7. The number of fused-ring (bicyclic) bond motifs is 2. The Bertz CT molecular complexity index is 822. The summed E-state index contributed by atoms with van der Waals surface area (Å²) < 4.78 is 8.70. The second-order valence-corrected chi connectivity index (χ2v) is 8.17. The van der Waals surface area contributed by atoms with E-state index in [1.807, 2.05) is 35.8 Å². The molecule has 2 aromatic heterocycles. The molecular formula is C21H27N5O2. The van der Waals surface area contributed by atoms with Gasteiger partial charge < -0.3 is 14.2 Å². The molecule has 3 aliphatic rings. The molecule has 0 bridgehead atoms. The summed E-state index contributed by atoms with van der Waals surface area (Å²) in [7, 11) is 0. The van der Waals surface area contributed by atoms with Crippen molar-refractivity contribution in [1.29, 1.82) is 0 Å². The van der Waals surface area contributed by atoms with Crippen LogP contribution in [0.1, 0.15) is 37.1 Å². The Labute approximate surface area is 165 Å². The van der Waals surface area contributed by atoms with Crippen LogP contribution >= 0.6 is 0 Å². The van der Waals surface area contributed by atoms with Crippen molar-refractivity contribution in [3.8, 4) is 0 Å². The van der Waals surface area contributed by atoms with Gasteiger partial charge >= 0.3 is 0 Å². The highest BCUT2D eigenvalue weighted by Gasteiger charge is 2.47. The van der Waals surface area contributed by atoms with Gasteiger partial charge in [-0.05, 0) is 37.3 Å². The van der Waals surface area contributed by atoms with Crippen LogP contribution in [0.15, 0.2) is 36.9 Å². The van der Waals surface area contributed by atoms with E-state index in [2.05, 4.69) is 25.5 Å². The van der Waals surface area contributed by atoms with Crippen molar-refractivity contribution < 1.29 is 9.53 Å². The number of aromatic nitrogens is 3. The zero-order valence-corrected chi connectivity index (χ0v) is 16.2. The third-order valence-electron chi connectivity index (χ3n) is 6.34. The second-order valence-electron chi connectivity index (χ2n) is 8.17. The molecule has 0 unspecified atom stereocenters. The standard InChI is InChI=1S/C21H27N5O2/c27-19(25-9-1-2-10-25)18-16-26-13-8-23-20(26)21(28-18)5-11-24(12-6-21)15-17-4-3-7-22-14-17/h3-4,7-8,13-14,18H,1-2,5-6,9-12,15-16H2/t18-/m1/s1. The maximum Gasteiger partial charge on any atom is 0.253 e. The van der Waals surface area contributed by atoms with Gasteiger partial charge in [0.15, 0.2) is 6.10 Å². The molecule has 5 rings (SSSR count). The van der Waals surface area contributed by atoms with E-state index >= 15 is 0 Å². The highest BCUT2D eigenvalue weighted by atomic mass is 16.5. The number of likely N-dealkylation sites (tertiary alicyclic amines) is 2. The number of pyridine rings is 1. The van der Waals surface area contributed by atoms with E-state index < -0.39 is 11.7 Å². The van der Waals surface area contributed by atoms with Crippen molar-refractivity contribution >= 4 is 5.91 Å². The van der Waals surface area contributed by atoms with Crippen LogP contribution in [-0.2, 0) is 28.2 Å². The number of ether oxygens (including phenoxy) is 1. The molecule has 1 atom stereocenters. The molecule has 2 saturated heterocycles. The normalized spacial score (nSPS) is 24.4. The highest BCUT2D eigenvalue weighted by molar-refractivity contribution is 5.81. The van der Waals surface area contributed by atoms with Gasteiger partial charge in [-0.3, -0.25) is 14.7 Å². The van der Waals surface area contributed by atoms with Crippen molar-refractivity contribution in [2.24, 2.45) is 0 Å². The van der Waals surface area contributed by atoms with E-state index in [1.54, 1.807) is 0 Å². The third-order valence-corrected chi connectivity index (χ3v) is 6.34. The molecule has 5 heterocycles. The van der Waals surface area contributed by atoms with Gasteiger partial charge in [0.1, 0.15) is 11.4 Å². The number of hydrogen-bond acceptors (Lipinski definition) is 5. The number of piperidine rings is 1. The lowest BCUT2D eigenvalue weighted by atomic mass is 9.88. The first-order valence-electron chi connectivity index (χ1n) is 10.3. The highest BCUT2D eigenvalue weighted by Crippen LogP contribution is 2.40. The third kappa shape index (κ3) is 3.22. The number of hydrogen-bond donors (Lipinski definition) is 0. The maximum absolute atomic E-state index is 13.0. The van der Waals surface area contributed by atoms with Gasteiger partial charge in [0.05, 0.1) is 6.54 Å². The number of amides is 1. The molecule has 2 fully saturated rings. The van der Waals surface area contributed by atoms with Gasteiger partial charge in [-0.15, -0.1) is 0 Å². The van der Waals surface area contributed by atoms with Crippen LogP contribution in [0.25, 0.3) is 0 Å². The molecule has 0 saturated carbocycles. The summed E-state index contributed by atoms with van der Waals surface area (Å²) in [4.78, 5) is 26.3. The molecule has 1 amide bonds. The molecule has 1 spiro atoms. The van der Waals surface area contributed by atoms with Crippen LogP contribution in [0.5, 0.6) is 0 Å². The van der Waals surface area contributed by atoms with E-state index in [4.69, 9.17) is 4.74 Å². The Morgan fingerprint density at radius 3 is 2.75 bits per heavy atom. The number of nitrogens with zero attached hydrogens (tertiary/aromatic N) is 5. The summed E-state index contributed by atoms with van der Waals surface area (Å²) in [5, 5.41) is 0. The van der Waals surface area contributed by atoms with Crippen LogP contribution < -0.4 is 0 Å². The molecule has 0 N–H and O–H groups in total. The largest absolute Gasteiger partial charge is 0.352 e. The summed E-state index contributed by atoms with van der Waals surface area (Å²) in [6, 6.07) is 4.10. The molecule has 7 heteroatoms. The average molecular weight is 381 g/mol. The fraction of sp³-hybridized carbons (Fsp3) is 0.571. The molecule has 148 valence electrons. The molecule has 7 nitrogen and oxygen atoms in total. The predicted octanol–water partition coefficient (Wildman–Crippen LogP) is 1.79. The molecule has 2 aromatic rings. The van der Waals surface area contributed by atoms with E-state index in [0.717, 1.165) is 64.2 Å². The van der Waals surface area contributed by atoms with Crippen molar-refractivity contribution in [3.05, 3.63) is 48.3 Å². The van der Waals surface area contributed by atoms with Crippen LogP contribution in [0.3, 0.4) is 0 Å². The van der Waals surface area contributed by atoms with Crippen molar-refractivity contribution in [2.45, 2.75) is 50.5 Å². The van der Waals surface area contributed by atoms with Gasteiger partial charge in [0.25, 0.3) is 5.91 Å². The van der Waals surface area contributed by atoms with Gasteiger partial charge in [0, 0.05) is 57.5 Å². The first-order valence-corrected chi connectivity index (χ1v) is 10.3. The summed E-state index contributed by atoms with van der Waals surface area (Å²) in [6.45, 7) is 5.04. The first kappa shape index (κ1) is 17.8. The Morgan fingerprint density at radius 2 is 2.00 bits per heavy atom. The number of rotatable bonds is 3. The molecule has 3 aliphatic heterocycles. The van der Waals surface area contributed by atoms with Crippen LogP contribution in [-0.4, -0.2) is 62.5 Å². The van der Waals surface area contributed by atoms with Crippen molar-refractivity contribution in [3.63, 3.8) is 0 Å². The van der Waals surface area contributed by atoms with Gasteiger partial charge in [-0.2, -0.15) is 0 Å². The quantitative estimate of drug-likeness (QED) is 0.811. The molecule has 0 aromatic carbocycles. The van der Waals surface area contributed by atoms with Crippen LogP contribution in [0.2, 0.25) is 0 Å². The molecular weight excluding hydrogens is 354 g/mol. The lowest BCUT2D eigenvalue weighted by molar-refractivity contribution is -0.180. The SMILES string of the molecule is O=C([C@H]1Cn2ccnc2C2(CCN(Cc3cccnc3)CC2)O1)N1CCCC1. The van der Waals surface area contributed by atoms with E-state index in [0.29, 0.717) is 6.54 Å². The minimum Gasteiger partial charge on any atom is -0.352 e. The molecule has 28 heavy (non-hydrogen) atoms. The molecule has 0 radical (unpaired) electrons. The van der Waals surface area contributed by atoms with Crippen molar-refractivity contribution in [1.82, 2.24) is 24.3 Å². The average Bonchev–Trinajstić information content (AvgIpc) is 3.42. The number of carbonyl (C=O) groups excluding carboxylic acids is 1. The van der Waals surface area contributed by atoms with Gasteiger partial charge in [-0.1, -0.05) is 6.07 Å². The zero-order valence-electron chi connectivity index (χ0n) is 16.2. The smallest absolute Gasteiger partial charge is 0.253 e. The van der Waals surface area contributed by atoms with E-state index in [-0.39, 0.29) is 5.91 Å². The topological polar surface area (TPSA) is 63.5 Å². The van der Waals surface area contributed by atoms with E-state index in [9.17, 15) is 4.79 Å². The molecule has 0 aliphatic carbocycles. The summed E-state index contributed by atoms with van der Waals surface area (Å²) in [6.07, 6.45) is 11.1. The number of carbonyl (C=O) groups is 1. The van der Waals surface area contributed by atoms with Gasteiger partial charge in [0.2, 0.25) is 0 Å². The Balaban J connectivity index is 1.32. The monoisotopic (exact) mass is 381 g/mol. The summed E-state index contributed by atoms with van der Waals surface area (Å²) >= 11 is 0. The fourth-order valence-electron chi connectivity index (χ4n) is 4.83. The van der Waals surface area contributed by atoms with E-state index in [1.165, 1.54) is 5.56 Å². The summed E-state index contributed by atoms with van der Waals surface area (Å²) in [5.74, 6) is 1.13. The zero-order chi connectivity index (χ0) is 19.0. The minimum atomic E-state index is -0.451. The minimum absolute atomic E-state index is 0.147. The van der Waals surface area contributed by atoms with Crippen LogP contribution in [0, 0.1) is 0 Å². The Morgan fingerprint density at radius 1 is 1.18 bits per heavy atom. The van der Waals surface area contributed by atoms with Gasteiger partial charge in [-0.25, -0.2) is 4.98 Å². The van der Waals surface area contributed by atoms with Crippen LogP contribution in [0.4, 0.5) is 0 Å². The Kier molecular flexibility index (Phi) is 4.64. The maximum atomic E-state index is 13.0. The lowest BCUT2D eigenvalue weighted by Crippen LogP contribution is -2.54.